The molecule has 3 rings (SSSR count). The van der Waals surface area contributed by atoms with Crippen LogP contribution in [0.3, 0.4) is 0 Å². The van der Waals surface area contributed by atoms with Crippen molar-refractivity contribution in [3.63, 3.8) is 0 Å². The fourth-order valence-corrected chi connectivity index (χ4v) is 5.35. The highest BCUT2D eigenvalue weighted by molar-refractivity contribution is 9.09. The van der Waals surface area contributed by atoms with Gasteiger partial charge in [0, 0.05) is 10.4 Å². The average molecular weight is 452 g/mol. The summed E-state index contributed by atoms with van der Waals surface area (Å²) in [5.41, 5.74) is 13.5. The lowest BCUT2D eigenvalue weighted by Gasteiger charge is -2.28. The zero-order chi connectivity index (χ0) is 19.8. The van der Waals surface area contributed by atoms with E-state index in [-0.39, 0.29) is 22.1 Å². The summed E-state index contributed by atoms with van der Waals surface area (Å²) in [6.07, 6.45) is 3.39. The van der Waals surface area contributed by atoms with Crippen LogP contribution >= 0.6 is 15.9 Å². The first-order valence-electron chi connectivity index (χ1n) is 8.68. The van der Waals surface area contributed by atoms with Crippen molar-refractivity contribution in [1.82, 2.24) is 0 Å². The largest absolute Gasteiger partial charge is 0.398 e. The summed E-state index contributed by atoms with van der Waals surface area (Å²) in [4.78, 5) is 12.4. The van der Waals surface area contributed by atoms with Crippen LogP contribution in [0.4, 0.5) is 5.69 Å². The predicted molar refractivity (Wildman–Crippen MR) is 110 cm³/mol. The smallest absolute Gasteiger partial charge is 0.252 e. The normalized spacial score (nSPS) is 20.4. The fourth-order valence-electron chi connectivity index (χ4n) is 3.77. The number of benzene rings is 2. The van der Waals surface area contributed by atoms with Crippen LogP contribution in [0.1, 0.15) is 47.5 Å². The number of amides is 1. The number of nitrogen functional groups attached to an aromatic ring is 1. The number of sulfonamides is 1. The van der Waals surface area contributed by atoms with E-state index in [9.17, 15) is 13.2 Å². The Balaban J connectivity index is 2.32. The Morgan fingerprint density at radius 2 is 1.67 bits per heavy atom. The van der Waals surface area contributed by atoms with Crippen LogP contribution in [-0.4, -0.2) is 19.2 Å². The summed E-state index contributed by atoms with van der Waals surface area (Å²) in [5.74, 6) is -0.932. The molecule has 0 unspecified atom stereocenters. The molecule has 1 fully saturated rings. The van der Waals surface area contributed by atoms with Crippen molar-refractivity contribution < 1.29 is 13.2 Å². The van der Waals surface area contributed by atoms with Gasteiger partial charge in [-0.2, -0.15) is 0 Å². The molecule has 0 heterocycles. The molecule has 1 amide bonds. The number of anilines is 1. The molecule has 0 aromatic heterocycles. The molecule has 0 atom stereocenters. The number of carbonyl (C=O) groups excluding carboxylic acids is 1. The Kier molecular flexibility index (Phi) is 5.60. The molecule has 0 bridgehead atoms. The van der Waals surface area contributed by atoms with Crippen molar-refractivity contribution in [3.8, 4) is 11.1 Å². The average Bonchev–Trinajstić information content (AvgIpc) is 2.61. The second-order valence-electron chi connectivity index (χ2n) is 6.86. The fraction of sp³-hybridized carbons (Fsp3) is 0.316. The highest BCUT2D eigenvalue weighted by Crippen LogP contribution is 2.43. The van der Waals surface area contributed by atoms with Gasteiger partial charge < -0.3 is 11.5 Å². The molecule has 0 spiro atoms. The van der Waals surface area contributed by atoms with Gasteiger partial charge in [0.1, 0.15) is 4.90 Å². The lowest BCUT2D eigenvalue weighted by Crippen LogP contribution is -2.26. The SMILES string of the molecule is NC(=O)c1c(N)c(-c2ccccc2)cc(C2CCC(Br)CC2)c1S(N)(=O)=O. The van der Waals surface area contributed by atoms with Gasteiger partial charge in [0.25, 0.3) is 5.91 Å². The van der Waals surface area contributed by atoms with Crippen molar-refractivity contribution in [2.24, 2.45) is 10.9 Å². The molecule has 1 aliphatic carbocycles. The molecule has 2 aromatic carbocycles. The Hall–Kier alpha value is -1.90. The first kappa shape index (κ1) is 19.9. The van der Waals surface area contributed by atoms with Crippen LogP contribution in [0, 0.1) is 0 Å². The van der Waals surface area contributed by atoms with Gasteiger partial charge in [-0.25, -0.2) is 13.6 Å². The van der Waals surface area contributed by atoms with E-state index in [0.717, 1.165) is 31.2 Å². The first-order chi connectivity index (χ1) is 12.7. The minimum Gasteiger partial charge on any atom is -0.398 e. The van der Waals surface area contributed by atoms with Gasteiger partial charge in [0.05, 0.1) is 11.3 Å². The number of nitrogens with two attached hydrogens (primary N) is 3. The molecule has 0 radical (unpaired) electrons. The second-order valence-corrected chi connectivity index (χ2v) is 9.65. The topological polar surface area (TPSA) is 129 Å². The Morgan fingerprint density at radius 1 is 1.07 bits per heavy atom. The third kappa shape index (κ3) is 4.02. The monoisotopic (exact) mass is 451 g/mol. The summed E-state index contributed by atoms with van der Waals surface area (Å²) in [5, 5.41) is 5.49. The van der Waals surface area contributed by atoms with E-state index in [1.807, 2.05) is 30.3 Å². The lowest BCUT2D eigenvalue weighted by molar-refractivity contribution is 0.0998. The molecule has 1 aliphatic rings. The van der Waals surface area contributed by atoms with E-state index >= 15 is 0 Å². The van der Waals surface area contributed by atoms with Crippen LogP contribution in [0.15, 0.2) is 41.3 Å². The van der Waals surface area contributed by atoms with E-state index in [0.29, 0.717) is 16.0 Å². The summed E-state index contributed by atoms with van der Waals surface area (Å²) in [6, 6.07) is 11.0. The quantitative estimate of drug-likeness (QED) is 0.486. The maximum atomic E-state index is 12.4. The molecule has 8 heteroatoms. The zero-order valence-electron chi connectivity index (χ0n) is 14.7. The molecule has 144 valence electrons. The number of primary sulfonamides is 1. The highest BCUT2D eigenvalue weighted by atomic mass is 79.9. The Morgan fingerprint density at radius 3 is 2.19 bits per heavy atom. The minimum absolute atomic E-state index is 0.0340. The number of primary amides is 1. The van der Waals surface area contributed by atoms with E-state index in [1.165, 1.54) is 0 Å². The lowest BCUT2D eigenvalue weighted by atomic mass is 9.81. The number of halogens is 1. The van der Waals surface area contributed by atoms with Gasteiger partial charge in [-0.3, -0.25) is 4.79 Å². The number of rotatable bonds is 4. The molecule has 6 N–H and O–H groups in total. The number of carbonyl (C=O) groups is 1. The van der Waals surface area contributed by atoms with Crippen LogP contribution < -0.4 is 16.6 Å². The van der Waals surface area contributed by atoms with Gasteiger partial charge in [-0.15, -0.1) is 0 Å². The molecular weight excluding hydrogens is 430 g/mol. The summed E-state index contributed by atoms with van der Waals surface area (Å²) < 4.78 is 24.8. The van der Waals surface area contributed by atoms with Gasteiger partial charge in [-0.05, 0) is 48.8 Å². The zero-order valence-corrected chi connectivity index (χ0v) is 17.1. The van der Waals surface area contributed by atoms with Crippen molar-refractivity contribution in [3.05, 3.63) is 47.5 Å². The Labute approximate surface area is 167 Å². The Bertz CT molecular complexity index is 969. The van der Waals surface area contributed by atoms with Crippen LogP contribution in [0.5, 0.6) is 0 Å². The van der Waals surface area contributed by atoms with Crippen molar-refractivity contribution >= 4 is 37.5 Å². The number of alkyl halides is 1. The van der Waals surface area contributed by atoms with Crippen molar-refractivity contribution in [1.29, 1.82) is 0 Å². The van der Waals surface area contributed by atoms with Crippen molar-refractivity contribution in [2.75, 3.05) is 5.73 Å². The first-order valence-corrected chi connectivity index (χ1v) is 11.1. The molecule has 1 saturated carbocycles. The minimum atomic E-state index is -4.19. The third-order valence-corrected chi connectivity index (χ3v) is 6.99. The van der Waals surface area contributed by atoms with E-state index < -0.39 is 15.9 Å². The number of hydrogen-bond donors (Lipinski definition) is 3. The maximum Gasteiger partial charge on any atom is 0.252 e. The van der Waals surface area contributed by atoms with E-state index in [4.69, 9.17) is 16.6 Å². The van der Waals surface area contributed by atoms with Gasteiger partial charge >= 0.3 is 0 Å². The molecule has 0 saturated heterocycles. The predicted octanol–water partition coefficient (Wildman–Crippen LogP) is 3.10. The maximum absolute atomic E-state index is 12.4. The van der Waals surface area contributed by atoms with Gasteiger partial charge in [-0.1, -0.05) is 46.3 Å². The van der Waals surface area contributed by atoms with E-state index in [1.54, 1.807) is 6.07 Å². The second kappa shape index (κ2) is 7.61. The third-order valence-electron chi connectivity index (χ3n) is 5.06. The van der Waals surface area contributed by atoms with Crippen LogP contribution in [0.2, 0.25) is 0 Å². The van der Waals surface area contributed by atoms with Crippen molar-refractivity contribution in [2.45, 2.75) is 41.3 Å². The molecule has 0 aliphatic heterocycles. The van der Waals surface area contributed by atoms with E-state index in [2.05, 4.69) is 15.9 Å². The van der Waals surface area contributed by atoms with Gasteiger partial charge in [0.15, 0.2) is 0 Å². The van der Waals surface area contributed by atoms with Crippen LogP contribution in [0.25, 0.3) is 11.1 Å². The summed E-state index contributed by atoms with van der Waals surface area (Å²) in [6.45, 7) is 0. The van der Waals surface area contributed by atoms with Gasteiger partial charge in [0.2, 0.25) is 10.0 Å². The molecule has 27 heavy (non-hydrogen) atoms. The summed E-state index contributed by atoms with van der Waals surface area (Å²) >= 11 is 3.61. The molecule has 6 nitrogen and oxygen atoms in total. The molecular formula is C19H22BrN3O3S. The highest BCUT2D eigenvalue weighted by Gasteiger charge is 2.32. The number of hydrogen-bond acceptors (Lipinski definition) is 4. The van der Waals surface area contributed by atoms with Crippen LogP contribution in [-0.2, 0) is 10.0 Å². The standard InChI is InChI=1S/C19H22BrN3O3S/c20-13-8-6-12(7-9-13)15-10-14(11-4-2-1-3-5-11)17(21)16(19(22)24)18(15)27(23,25)26/h1-5,10,12-13H,6-9,21H2,(H2,22,24)(H2,23,25,26). The summed E-state index contributed by atoms with van der Waals surface area (Å²) in [7, 11) is -4.19. The molecule has 2 aromatic rings.